The van der Waals surface area contributed by atoms with Gasteiger partial charge in [-0.05, 0) is 45.8 Å². The van der Waals surface area contributed by atoms with Gasteiger partial charge in [0.1, 0.15) is 5.75 Å². The number of carbonyl (C=O) groups excluding carboxylic acids is 1. The molecule has 2 aromatic rings. The summed E-state index contributed by atoms with van der Waals surface area (Å²) in [6, 6.07) is 9.91. The standard InChI is InChI=1S/C16H17BrN6O4S/c1-27-10-4-2-9(3-5-10)8-23-21-16(20-22-23)13-11(15(18)24)6-7-12(14(13)17)28(19,25)26/h2-7,22H,8H2,1H3,(H2,18,24)(H,20,21)(H2,19,25,26). The van der Waals surface area contributed by atoms with Crippen molar-refractivity contribution >= 4 is 37.7 Å². The van der Waals surface area contributed by atoms with Crippen molar-refractivity contribution in [2.75, 3.05) is 7.11 Å². The minimum atomic E-state index is -4.02. The molecule has 0 aliphatic carbocycles. The Kier molecular flexibility index (Phi) is 5.56. The van der Waals surface area contributed by atoms with Crippen LogP contribution in [0.2, 0.25) is 0 Å². The maximum atomic E-state index is 11.8. The van der Waals surface area contributed by atoms with Crippen LogP contribution >= 0.6 is 15.9 Å². The number of rotatable bonds is 6. The van der Waals surface area contributed by atoms with Gasteiger partial charge in [0.15, 0.2) is 5.84 Å². The van der Waals surface area contributed by atoms with Crippen molar-refractivity contribution in [3.63, 3.8) is 0 Å². The maximum Gasteiger partial charge on any atom is 0.249 e. The largest absolute Gasteiger partial charge is 0.497 e. The molecule has 0 saturated carbocycles. The van der Waals surface area contributed by atoms with Gasteiger partial charge in [0, 0.05) is 10.0 Å². The molecule has 0 radical (unpaired) electrons. The van der Waals surface area contributed by atoms with Gasteiger partial charge >= 0.3 is 0 Å². The molecule has 1 aliphatic heterocycles. The highest BCUT2D eigenvalue weighted by molar-refractivity contribution is 9.10. The summed E-state index contributed by atoms with van der Waals surface area (Å²) >= 11 is 3.20. The second kappa shape index (κ2) is 7.75. The molecule has 1 heterocycles. The first kappa shape index (κ1) is 20.1. The molecule has 0 atom stereocenters. The van der Waals surface area contributed by atoms with Crippen LogP contribution in [0.5, 0.6) is 5.75 Å². The quantitative estimate of drug-likeness (QED) is 0.478. The van der Waals surface area contributed by atoms with E-state index in [1.165, 1.54) is 12.1 Å². The van der Waals surface area contributed by atoms with E-state index < -0.39 is 15.9 Å². The zero-order chi connectivity index (χ0) is 20.5. The number of hydrazone groups is 1. The molecule has 1 aliphatic rings. The smallest absolute Gasteiger partial charge is 0.249 e. The SMILES string of the molecule is COc1ccc(CN2NN=C(c3c(C(N)=O)ccc(S(N)(=O)=O)c3Br)N2)cc1. The predicted octanol–water partition coefficient (Wildman–Crippen LogP) is 0.391. The van der Waals surface area contributed by atoms with E-state index in [-0.39, 0.29) is 26.3 Å². The minimum Gasteiger partial charge on any atom is -0.497 e. The Morgan fingerprint density at radius 3 is 2.50 bits per heavy atom. The number of carbonyl (C=O) groups is 1. The summed E-state index contributed by atoms with van der Waals surface area (Å²) in [5.74, 6) is 0.201. The lowest BCUT2D eigenvalue weighted by molar-refractivity contribution is 0.1000. The van der Waals surface area contributed by atoms with Gasteiger partial charge in [-0.15, -0.1) is 10.2 Å². The number of amidine groups is 1. The van der Waals surface area contributed by atoms with Gasteiger partial charge in [-0.3, -0.25) is 10.2 Å². The Morgan fingerprint density at radius 1 is 1.25 bits per heavy atom. The number of primary amides is 1. The molecule has 1 amide bonds. The Labute approximate surface area is 169 Å². The van der Waals surface area contributed by atoms with Crippen molar-refractivity contribution < 1.29 is 17.9 Å². The van der Waals surface area contributed by atoms with Crippen LogP contribution in [0.25, 0.3) is 0 Å². The molecule has 28 heavy (non-hydrogen) atoms. The summed E-state index contributed by atoms with van der Waals surface area (Å²) in [6.07, 6.45) is 0. The predicted molar refractivity (Wildman–Crippen MR) is 105 cm³/mol. The van der Waals surface area contributed by atoms with Crippen LogP contribution in [-0.2, 0) is 16.6 Å². The van der Waals surface area contributed by atoms with Crippen LogP contribution in [-0.4, -0.2) is 32.4 Å². The van der Waals surface area contributed by atoms with Crippen molar-refractivity contribution in [1.29, 1.82) is 0 Å². The van der Waals surface area contributed by atoms with Crippen LogP contribution < -0.4 is 26.6 Å². The van der Waals surface area contributed by atoms with Gasteiger partial charge in [0.25, 0.3) is 0 Å². The number of sulfonamides is 1. The van der Waals surface area contributed by atoms with E-state index >= 15 is 0 Å². The average Bonchev–Trinajstić information content (AvgIpc) is 3.08. The van der Waals surface area contributed by atoms with Crippen molar-refractivity contribution in [3.8, 4) is 5.75 Å². The normalized spacial score (nSPS) is 14.2. The number of hydrogen-bond donors (Lipinski definition) is 4. The number of benzene rings is 2. The summed E-state index contributed by atoms with van der Waals surface area (Å²) in [6.45, 7) is 0.412. The van der Waals surface area contributed by atoms with Gasteiger partial charge < -0.3 is 10.5 Å². The molecule has 3 rings (SSSR count). The number of nitrogens with one attached hydrogen (secondary N) is 2. The minimum absolute atomic E-state index is 0.0821. The lowest BCUT2D eigenvalue weighted by atomic mass is 10.1. The molecule has 10 nitrogen and oxygen atoms in total. The zero-order valence-corrected chi connectivity index (χ0v) is 17.0. The monoisotopic (exact) mass is 468 g/mol. The van der Waals surface area contributed by atoms with E-state index in [0.29, 0.717) is 6.54 Å². The van der Waals surface area contributed by atoms with Gasteiger partial charge in [0.2, 0.25) is 15.9 Å². The topological polar surface area (TPSA) is 152 Å². The first-order valence-corrected chi connectivity index (χ1v) is 10.2. The number of hydrazine groups is 2. The van der Waals surface area contributed by atoms with Crippen LogP contribution in [0, 0.1) is 0 Å². The van der Waals surface area contributed by atoms with E-state index in [2.05, 4.69) is 32.0 Å². The molecular weight excluding hydrogens is 452 g/mol. The molecule has 0 unspecified atom stereocenters. The first-order chi connectivity index (χ1) is 13.2. The van der Waals surface area contributed by atoms with Crippen molar-refractivity contribution in [2.24, 2.45) is 16.0 Å². The number of ether oxygens (including phenoxy) is 1. The number of primary sulfonamides is 1. The molecule has 12 heteroatoms. The highest BCUT2D eigenvalue weighted by Crippen LogP contribution is 2.29. The van der Waals surface area contributed by atoms with E-state index in [1.54, 1.807) is 12.2 Å². The highest BCUT2D eigenvalue weighted by atomic mass is 79.9. The van der Waals surface area contributed by atoms with Crippen molar-refractivity contribution in [2.45, 2.75) is 11.4 Å². The number of halogens is 1. The number of nitrogens with two attached hydrogens (primary N) is 2. The first-order valence-electron chi connectivity index (χ1n) is 7.86. The number of methoxy groups -OCH3 is 1. The molecule has 2 aromatic carbocycles. The van der Waals surface area contributed by atoms with Crippen LogP contribution in [0.3, 0.4) is 0 Å². The number of nitrogens with zero attached hydrogens (tertiary/aromatic N) is 2. The molecular formula is C16H17BrN6O4S. The van der Waals surface area contributed by atoms with Gasteiger partial charge in [-0.25, -0.2) is 19.1 Å². The Bertz CT molecular complexity index is 1060. The fourth-order valence-electron chi connectivity index (χ4n) is 2.60. The second-order valence-electron chi connectivity index (χ2n) is 5.82. The molecule has 0 spiro atoms. The third-order valence-electron chi connectivity index (χ3n) is 3.94. The van der Waals surface area contributed by atoms with E-state index in [0.717, 1.165) is 11.3 Å². The second-order valence-corrected chi connectivity index (χ2v) is 8.14. The van der Waals surface area contributed by atoms with Crippen LogP contribution in [0.4, 0.5) is 0 Å². The molecule has 0 fully saturated rings. The summed E-state index contributed by atoms with van der Waals surface area (Å²) in [5.41, 5.74) is 12.4. The summed E-state index contributed by atoms with van der Waals surface area (Å²) in [4.78, 5) is 11.6. The fourth-order valence-corrected chi connectivity index (χ4v) is 4.42. The molecule has 148 valence electrons. The summed E-state index contributed by atoms with van der Waals surface area (Å²) in [5, 5.41) is 10.9. The lowest BCUT2D eigenvalue weighted by Gasteiger charge is -2.17. The van der Waals surface area contributed by atoms with E-state index in [4.69, 9.17) is 15.6 Å². The zero-order valence-electron chi connectivity index (χ0n) is 14.6. The lowest BCUT2D eigenvalue weighted by Crippen LogP contribution is -2.41. The van der Waals surface area contributed by atoms with E-state index in [9.17, 15) is 13.2 Å². The summed E-state index contributed by atoms with van der Waals surface area (Å²) in [7, 11) is -2.44. The van der Waals surface area contributed by atoms with E-state index in [1.807, 2.05) is 24.3 Å². The Balaban J connectivity index is 1.88. The average molecular weight is 469 g/mol. The van der Waals surface area contributed by atoms with Gasteiger partial charge in [-0.2, -0.15) is 0 Å². The molecule has 0 aromatic heterocycles. The highest BCUT2D eigenvalue weighted by Gasteiger charge is 2.27. The van der Waals surface area contributed by atoms with Crippen LogP contribution in [0.15, 0.2) is 50.9 Å². The number of hydrogen-bond acceptors (Lipinski definition) is 8. The fraction of sp³-hybridized carbons (Fsp3) is 0.125. The molecule has 6 N–H and O–H groups in total. The van der Waals surface area contributed by atoms with Crippen molar-refractivity contribution in [3.05, 3.63) is 57.6 Å². The summed E-state index contributed by atoms with van der Waals surface area (Å²) < 4.78 is 28.8. The third-order valence-corrected chi connectivity index (χ3v) is 5.98. The number of amides is 1. The van der Waals surface area contributed by atoms with Crippen molar-refractivity contribution in [1.82, 2.24) is 16.1 Å². The molecule has 0 saturated heterocycles. The van der Waals surface area contributed by atoms with Gasteiger partial charge in [0.05, 0.1) is 24.1 Å². The maximum absolute atomic E-state index is 11.8. The van der Waals surface area contributed by atoms with Gasteiger partial charge in [-0.1, -0.05) is 12.1 Å². The Hall–Kier alpha value is -2.67. The molecule has 0 bridgehead atoms. The van der Waals surface area contributed by atoms with Crippen LogP contribution in [0.1, 0.15) is 21.5 Å². The Morgan fingerprint density at radius 2 is 1.93 bits per heavy atom. The third kappa shape index (κ3) is 4.09.